The third-order valence-corrected chi connectivity index (χ3v) is 3.08. The van der Waals surface area contributed by atoms with Crippen LogP contribution < -0.4 is 20.1 Å². The van der Waals surface area contributed by atoms with E-state index in [4.69, 9.17) is 13.9 Å². The molecular formula is C14H18N10O5. The summed E-state index contributed by atoms with van der Waals surface area (Å²) >= 11 is 0. The molecule has 3 rings (SSSR count). The second-order valence-electron chi connectivity index (χ2n) is 6.13. The molecule has 29 heavy (non-hydrogen) atoms. The molecule has 0 aliphatic carbocycles. The average molecular weight is 406 g/mol. The molecule has 0 aromatic carbocycles. The van der Waals surface area contributed by atoms with Gasteiger partial charge in [0, 0.05) is 0 Å². The van der Waals surface area contributed by atoms with Crippen molar-refractivity contribution in [1.82, 2.24) is 41.2 Å². The van der Waals surface area contributed by atoms with Crippen LogP contribution >= 0.6 is 0 Å². The first kappa shape index (κ1) is 19.7. The van der Waals surface area contributed by atoms with E-state index in [1.807, 2.05) is 0 Å². The van der Waals surface area contributed by atoms with E-state index in [2.05, 4.69) is 51.9 Å². The van der Waals surface area contributed by atoms with Gasteiger partial charge in [0.1, 0.15) is 0 Å². The van der Waals surface area contributed by atoms with Gasteiger partial charge in [0.2, 0.25) is 23.0 Å². The van der Waals surface area contributed by atoms with Crippen molar-refractivity contribution in [2.24, 2.45) is 0 Å². The molecular weight excluding hydrogens is 388 g/mol. The number of nitrogens with zero attached hydrogens (tertiary/aromatic N) is 6. The van der Waals surface area contributed by atoms with E-state index in [9.17, 15) is 9.59 Å². The lowest BCUT2D eigenvalue weighted by Crippen LogP contribution is -2.16. The molecule has 3 aromatic heterocycles. The summed E-state index contributed by atoms with van der Waals surface area (Å²) < 4.78 is 16.9. The molecule has 0 radical (unpaired) electrons. The molecule has 0 aliphatic rings. The minimum absolute atomic E-state index is 0.0482. The van der Waals surface area contributed by atoms with E-state index in [-0.39, 0.29) is 47.1 Å². The lowest BCUT2D eigenvalue weighted by molar-refractivity contribution is 0.0967. The van der Waals surface area contributed by atoms with Crippen molar-refractivity contribution in [3.8, 4) is 11.5 Å². The molecule has 15 heteroatoms. The molecule has 0 aliphatic heterocycles. The zero-order chi connectivity index (χ0) is 21.0. The van der Waals surface area contributed by atoms with Gasteiger partial charge in [-0.3, -0.25) is 20.2 Å². The Bertz CT molecular complexity index is 887. The molecule has 0 bridgehead atoms. The summed E-state index contributed by atoms with van der Waals surface area (Å²) in [6.45, 7) is 6.97. The van der Waals surface area contributed by atoms with Gasteiger partial charge in [0.25, 0.3) is 23.7 Å². The van der Waals surface area contributed by atoms with Gasteiger partial charge in [-0.15, -0.1) is 10.2 Å². The summed E-state index contributed by atoms with van der Waals surface area (Å²) in [6.07, 6.45) is -0.709. The van der Waals surface area contributed by atoms with Crippen molar-refractivity contribution in [2.45, 2.75) is 39.9 Å². The monoisotopic (exact) mass is 406 g/mol. The third kappa shape index (κ3) is 4.63. The molecule has 3 heterocycles. The average Bonchev–Trinajstić information content (AvgIpc) is 3.37. The van der Waals surface area contributed by atoms with Crippen LogP contribution in [0.2, 0.25) is 0 Å². The van der Waals surface area contributed by atoms with Crippen molar-refractivity contribution in [3.05, 3.63) is 11.5 Å². The zero-order valence-electron chi connectivity index (χ0n) is 15.9. The van der Waals surface area contributed by atoms with Crippen molar-refractivity contribution in [2.75, 3.05) is 10.6 Å². The fourth-order valence-corrected chi connectivity index (χ4v) is 2.13. The number of nitrogens with one attached hydrogen (secondary N) is 4. The highest BCUT2D eigenvalue weighted by molar-refractivity contribution is 6.08. The largest absolute Gasteiger partial charge is 0.483 e. The first-order chi connectivity index (χ1) is 13.8. The molecule has 0 spiro atoms. The number of H-pyrrole nitrogens is 2. The molecule has 2 amide bonds. The molecule has 4 N–H and O–H groups in total. The van der Waals surface area contributed by atoms with E-state index in [0.717, 1.165) is 0 Å². The molecule has 0 fully saturated rings. The maximum atomic E-state index is 12.7. The zero-order valence-corrected chi connectivity index (χ0v) is 15.9. The summed E-state index contributed by atoms with van der Waals surface area (Å²) in [4.78, 5) is 25.3. The Kier molecular flexibility index (Phi) is 5.66. The van der Waals surface area contributed by atoms with Crippen LogP contribution in [0.15, 0.2) is 4.42 Å². The minimum Gasteiger partial charge on any atom is -0.483 e. The lowest BCUT2D eigenvalue weighted by Gasteiger charge is -2.14. The van der Waals surface area contributed by atoms with E-state index in [1.165, 1.54) is 0 Å². The predicted molar refractivity (Wildman–Crippen MR) is 94.5 cm³/mol. The fourth-order valence-electron chi connectivity index (χ4n) is 2.13. The number of aromatic nitrogens is 8. The highest BCUT2D eigenvalue weighted by Crippen LogP contribution is 2.40. The van der Waals surface area contributed by atoms with Crippen molar-refractivity contribution < 1.29 is 23.5 Å². The van der Waals surface area contributed by atoms with Gasteiger partial charge in [0.05, 0.1) is 12.2 Å². The van der Waals surface area contributed by atoms with E-state index in [0.29, 0.717) is 0 Å². The van der Waals surface area contributed by atoms with Crippen molar-refractivity contribution >= 4 is 23.7 Å². The van der Waals surface area contributed by atoms with Gasteiger partial charge in [-0.1, -0.05) is 10.2 Å². The van der Waals surface area contributed by atoms with Gasteiger partial charge < -0.3 is 13.9 Å². The first-order valence-corrected chi connectivity index (χ1v) is 8.44. The Balaban J connectivity index is 2.02. The number of rotatable bonds is 8. The molecule has 0 atom stereocenters. The van der Waals surface area contributed by atoms with Gasteiger partial charge in [-0.2, -0.15) is 10.4 Å². The number of aromatic amines is 2. The lowest BCUT2D eigenvalue weighted by atomic mass is 10.3. The Morgan fingerprint density at radius 1 is 0.828 bits per heavy atom. The molecule has 0 unspecified atom stereocenters. The Morgan fingerprint density at radius 2 is 1.24 bits per heavy atom. The number of amides is 2. The minimum atomic E-state index is -0.769. The highest BCUT2D eigenvalue weighted by Gasteiger charge is 2.33. The van der Waals surface area contributed by atoms with Gasteiger partial charge in [-0.05, 0) is 38.1 Å². The Labute approximate surface area is 162 Å². The van der Waals surface area contributed by atoms with Gasteiger partial charge in [-0.25, -0.2) is 0 Å². The van der Waals surface area contributed by atoms with Crippen LogP contribution in [-0.4, -0.2) is 65.3 Å². The van der Waals surface area contributed by atoms with Crippen molar-refractivity contribution in [1.29, 1.82) is 0 Å². The van der Waals surface area contributed by atoms with Gasteiger partial charge in [0.15, 0.2) is 0 Å². The normalized spacial score (nSPS) is 11.0. The maximum absolute atomic E-state index is 12.7. The van der Waals surface area contributed by atoms with Crippen LogP contribution in [0.5, 0.6) is 11.5 Å². The topological polar surface area (TPSA) is 199 Å². The summed E-state index contributed by atoms with van der Waals surface area (Å²) in [5.74, 6) is -2.43. The van der Waals surface area contributed by atoms with Gasteiger partial charge >= 0.3 is 0 Å². The van der Waals surface area contributed by atoms with Crippen LogP contribution in [0.3, 0.4) is 0 Å². The van der Waals surface area contributed by atoms with Crippen molar-refractivity contribution in [3.63, 3.8) is 0 Å². The second kappa shape index (κ2) is 8.32. The number of hydrogen-bond acceptors (Lipinski definition) is 11. The highest BCUT2D eigenvalue weighted by atomic mass is 16.5. The summed E-state index contributed by atoms with van der Waals surface area (Å²) in [5.41, 5.74) is 0. The number of furan rings is 1. The first-order valence-electron chi connectivity index (χ1n) is 8.44. The second-order valence-corrected chi connectivity index (χ2v) is 6.13. The molecule has 154 valence electrons. The van der Waals surface area contributed by atoms with E-state index >= 15 is 0 Å². The number of hydrogen-bond donors (Lipinski definition) is 4. The predicted octanol–water partition coefficient (Wildman–Crippen LogP) is 0.385. The quantitative estimate of drug-likeness (QED) is 0.403. The summed E-state index contributed by atoms with van der Waals surface area (Å²) in [7, 11) is 0. The number of ether oxygens (including phenoxy) is 2. The summed E-state index contributed by atoms with van der Waals surface area (Å²) in [5, 5.41) is 30.4. The molecule has 0 saturated carbocycles. The summed E-state index contributed by atoms with van der Waals surface area (Å²) in [6, 6.07) is 0. The standard InChI is InChI=1S/C14H18N10O5/c1-5(2)27-7-8(28-6(3)4)10(12(26)16-14-19-23-24-20-14)29-9(7)11(25)15-13-17-21-22-18-13/h5-6H,1-4H3,(H2,15,17,18,21,22,25)(H2,16,19,20,23,24,26). The van der Waals surface area contributed by atoms with Crippen LogP contribution in [0, 0.1) is 0 Å². The molecule has 15 nitrogen and oxygen atoms in total. The number of carbonyl (C=O) groups is 2. The van der Waals surface area contributed by atoms with Crippen LogP contribution in [0.25, 0.3) is 0 Å². The molecule has 3 aromatic rings. The van der Waals surface area contributed by atoms with Crippen LogP contribution in [0.4, 0.5) is 11.9 Å². The van der Waals surface area contributed by atoms with Crippen LogP contribution in [0.1, 0.15) is 48.8 Å². The fraction of sp³-hybridized carbons (Fsp3) is 0.429. The smallest absolute Gasteiger partial charge is 0.297 e. The van der Waals surface area contributed by atoms with E-state index < -0.39 is 11.8 Å². The Hall–Kier alpha value is -4.04. The third-order valence-electron chi connectivity index (χ3n) is 3.08. The number of anilines is 2. The number of carbonyl (C=O) groups excluding carboxylic acids is 2. The van der Waals surface area contributed by atoms with E-state index in [1.54, 1.807) is 27.7 Å². The number of tetrazole rings is 2. The molecule has 0 saturated heterocycles. The maximum Gasteiger partial charge on any atom is 0.297 e. The van der Waals surface area contributed by atoms with Crippen LogP contribution in [-0.2, 0) is 0 Å². The Morgan fingerprint density at radius 3 is 1.55 bits per heavy atom. The SMILES string of the molecule is CC(C)Oc1c(C(=O)Nc2nn[nH]n2)oc(C(=O)Nc2nn[nH]n2)c1OC(C)C.